The number of hydrogen-bond acceptors (Lipinski definition) is 4. The van der Waals surface area contributed by atoms with Gasteiger partial charge in [-0.15, -0.1) is 4.72 Å². The van der Waals surface area contributed by atoms with Gasteiger partial charge in [0.1, 0.15) is 16.2 Å². The molecule has 0 radical (unpaired) electrons. The van der Waals surface area contributed by atoms with Crippen molar-refractivity contribution in [3.8, 4) is 0 Å². The fourth-order valence-electron chi connectivity index (χ4n) is 2.14. The molecule has 1 rings (SSSR count). The number of esters is 1. The summed E-state index contributed by atoms with van der Waals surface area (Å²) in [7, 11) is 0. The van der Waals surface area contributed by atoms with E-state index in [1.54, 1.807) is 54.5 Å². The van der Waals surface area contributed by atoms with E-state index in [1.807, 2.05) is 0 Å². The summed E-state index contributed by atoms with van der Waals surface area (Å²) in [5.74, 6) is -1.09. The highest BCUT2D eigenvalue weighted by molar-refractivity contribution is 7.90. The van der Waals surface area contributed by atoms with E-state index in [9.17, 15) is 13.7 Å². The Morgan fingerprint density at radius 1 is 1.24 bits per heavy atom. The predicted octanol–water partition coefficient (Wildman–Crippen LogP) is 4.48. The van der Waals surface area contributed by atoms with Gasteiger partial charge in [0.25, 0.3) is 0 Å². The lowest BCUT2D eigenvalue weighted by atomic mass is 9.89. The van der Waals surface area contributed by atoms with Crippen molar-refractivity contribution in [2.45, 2.75) is 70.8 Å². The van der Waals surface area contributed by atoms with E-state index in [1.165, 1.54) is 12.1 Å². The van der Waals surface area contributed by atoms with Crippen LogP contribution in [0, 0.1) is 5.82 Å². The summed E-state index contributed by atoms with van der Waals surface area (Å²) < 4.78 is 34.3. The summed E-state index contributed by atoms with van der Waals surface area (Å²) >= 11 is 4.63. The predicted molar refractivity (Wildman–Crippen MR) is 100 cm³/mol. The molecule has 7 heteroatoms. The van der Waals surface area contributed by atoms with Crippen LogP contribution in [0.1, 0.15) is 60.5 Å². The van der Waals surface area contributed by atoms with Gasteiger partial charge in [0, 0.05) is 11.4 Å². The van der Waals surface area contributed by atoms with E-state index in [2.05, 4.69) is 4.72 Å². The Bertz CT molecular complexity index is 628. The SMILES string of the molecule is CC(C)(C)OC(=O)CC(C)(N[S@+]([O-])C(C)(C)C)c1cccc(F)c1Cl. The number of ether oxygens (including phenoxy) is 1. The molecule has 0 aliphatic carbocycles. The van der Waals surface area contributed by atoms with Crippen LogP contribution in [-0.2, 0) is 26.4 Å². The van der Waals surface area contributed by atoms with Crippen molar-refractivity contribution >= 4 is 28.9 Å². The molecule has 0 aliphatic rings. The third kappa shape index (κ3) is 6.44. The van der Waals surface area contributed by atoms with Crippen LogP contribution in [0.2, 0.25) is 5.02 Å². The van der Waals surface area contributed by atoms with Crippen molar-refractivity contribution in [1.82, 2.24) is 4.72 Å². The van der Waals surface area contributed by atoms with Crippen LogP contribution in [0.15, 0.2) is 18.2 Å². The van der Waals surface area contributed by atoms with Crippen molar-refractivity contribution in [3.05, 3.63) is 34.6 Å². The Morgan fingerprint density at radius 3 is 2.28 bits per heavy atom. The van der Waals surface area contributed by atoms with Gasteiger partial charge in [-0.3, -0.25) is 4.79 Å². The first-order valence-electron chi connectivity index (χ1n) is 8.02. The fourth-order valence-corrected chi connectivity index (χ4v) is 3.37. The monoisotopic (exact) mass is 391 g/mol. The highest BCUT2D eigenvalue weighted by atomic mass is 35.5. The molecule has 0 saturated carbocycles. The lowest BCUT2D eigenvalue weighted by Gasteiger charge is -2.35. The van der Waals surface area contributed by atoms with E-state index in [0.29, 0.717) is 5.56 Å². The maximum atomic E-state index is 13.9. The van der Waals surface area contributed by atoms with E-state index >= 15 is 0 Å². The highest BCUT2D eigenvalue weighted by Crippen LogP contribution is 2.35. The zero-order valence-electron chi connectivity index (χ0n) is 15.8. The van der Waals surface area contributed by atoms with Crippen LogP contribution in [0.4, 0.5) is 4.39 Å². The van der Waals surface area contributed by atoms with E-state index in [-0.39, 0.29) is 11.4 Å². The number of halogens is 2. The molecule has 4 nitrogen and oxygen atoms in total. The second-order valence-electron chi connectivity index (χ2n) is 8.18. The Morgan fingerprint density at radius 2 is 1.80 bits per heavy atom. The summed E-state index contributed by atoms with van der Waals surface area (Å²) in [6, 6.07) is 4.36. The Balaban J connectivity index is 3.26. The lowest BCUT2D eigenvalue weighted by molar-refractivity contribution is -0.156. The summed E-state index contributed by atoms with van der Waals surface area (Å²) in [5.41, 5.74) is -1.45. The first-order chi connectivity index (χ1) is 11.2. The minimum Gasteiger partial charge on any atom is -0.598 e. The van der Waals surface area contributed by atoms with Crippen LogP contribution in [0.5, 0.6) is 0 Å². The highest BCUT2D eigenvalue weighted by Gasteiger charge is 2.41. The topological polar surface area (TPSA) is 61.4 Å². The molecule has 1 unspecified atom stereocenters. The van der Waals surface area contributed by atoms with Crippen molar-refractivity contribution in [1.29, 1.82) is 0 Å². The Labute approximate surface area is 157 Å². The van der Waals surface area contributed by atoms with Gasteiger partial charge in [0.05, 0.1) is 17.0 Å². The molecule has 1 aromatic rings. The normalized spacial score (nSPS) is 16.2. The maximum Gasteiger partial charge on any atom is 0.308 e. The van der Waals surface area contributed by atoms with Crippen LogP contribution in [-0.4, -0.2) is 20.9 Å². The van der Waals surface area contributed by atoms with Crippen molar-refractivity contribution in [2.24, 2.45) is 0 Å². The van der Waals surface area contributed by atoms with Gasteiger partial charge in [-0.2, -0.15) is 0 Å². The van der Waals surface area contributed by atoms with Crippen LogP contribution in [0.3, 0.4) is 0 Å². The summed E-state index contributed by atoms with van der Waals surface area (Å²) in [6.45, 7) is 12.4. The fraction of sp³-hybridized carbons (Fsp3) is 0.611. The van der Waals surface area contributed by atoms with E-state index in [0.717, 1.165) is 0 Å². The number of hydrogen-bond donors (Lipinski definition) is 1. The Kier molecular flexibility index (Phi) is 6.95. The minimum atomic E-state index is -1.50. The molecule has 0 aliphatic heterocycles. The van der Waals surface area contributed by atoms with Gasteiger partial charge in [0.15, 0.2) is 0 Å². The molecule has 1 N–H and O–H groups in total. The van der Waals surface area contributed by atoms with Crippen molar-refractivity contribution < 1.29 is 18.5 Å². The van der Waals surface area contributed by atoms with Gasteiger partial charge in [0.2, 0.25) is 0 Å². The molecule has 25 heavy (non-hydrogen) atoms. The second-order valence-corrected chi connectivity index (χ2v) is 10.5. The van der Waals surface area contributed by atoms with Crippen molar-refractivity contribution in [3.63, 3.8) is 0 Å². The largest absolute Gasteiger partial charge is 0.598 e. The first kappa shape index (κ1) is 22.2. The zero-order valence-corrected chi connectivity index (χ0v) is 17.4. The average molecular weight is 392 g/mol. The molecule has 0 heterocycles. The lowest BCUT2D eigenvalue weighted by Crippen LogP contribution is -2.51. The molecule has 0 saturated heterocycles. The number of nitrogens with one attached hydrogen (secondary N) is 1. The Hall–Kier alpha value is -0.820. The molecule has 0 spiro atoms. The number of carbonyl (C=O) groups excluding carboxylic acids is 1. The molecular weight excluding hydrogens is 365 g/mol. The summed E-state index contributed by atoms with van der Waals surface area (Å²) in [5, 5.41) is -0.105. The molecule has 0 amide bonds. The van der Waals surface area contributed by atoms with E-state index in [4.69, 9.17) is 16.3 Å². The maximum absolute atomic E-state index is 13.9. The summed E-state index contributed by atoms with van der Waals surface area (Å²) in [4.78, 5) is 12.4. The first-order valence-corrected chi connectivity index (χ1v) is 9.54. The molecule has 2 atom stereocenters. The average Bonchev–Trinajstić information content (AvgIpc) is 2.37. The zero-order chi connectivity index (χ0) is 19.6. The van der Waals surface area contributed by atoms with Gasteiger partial charge in [-0.1, -0.05) is 23.7 Å². The summed E-state index contributed by atoms with van der Waals surface area (Å²) in [6.07, 6.45) is -0.144. The van der Waals surface area contributed by atoms with Crippen LogP contribution in [0.25, 0.3) is 0 Å². The standard InChI is InChI=1S/C18H27ClFNO3S/c1-16(2,3)24-14(22)11-18(7,21-25(23)17(4,5)6)12-9-8-10-13(20)15(12)19/h8-10,21H,11H2,1-7H3/t18?,25-/m1/s1. The number of benzene rings is 1. The van der Waals surface area contributed by atoms with Gasteiger partial charge in [-0.05, 0) is 60.1 Å². The molecule has 1 aromatic carbocycles. The molecule has 0 bridgehead atoms. The van der Waals surface area contributed by atoms with Gasteiger partial charge in [-0.25, -0.2) is 4.39 Å². The quantitative estimate of drug-likeness (QED) is 0.593. The molecule has 0 aromatic heterocycles. The second kappa shape index (κ2) is 7.82. The minimum absolute atomic E-state index is 0.105. The van der Waals surface area contributed by atoms with Crippen molar-refractivity contribution in [2.75, 3.05) is 0 Å². The molecular formula is C18H27ClFNO3S. The van der Waals surface area contributed by atoms with Gasteiger partial charge >= 0.3 is 5.97 Å². The van der Waals surface area contributed by atoms with Gasteiger partial charge < -0.3 is 9.29 Å². The number of rotatable bonds is 5. The van der Waals surface area contributed by atoms with Crippen LogP contribution >= 0.6 is 11.6 Å². The molecule has 142 valence electrons. The third-order valence-corrected chi connectivity index (χ3v) is 5.47. The number of carbonyl (C=O) groups is 1. The third-order valence-electron chi connectivity index (χ3n) is 3.34. The smallest absolute Gasteiger partial charge is 0.308 e. The molecule has 0 fully saturated rings. The van der Waals surface area contributed by atoms with Crippen LogP contribution < -0.4 is 4.72 Å². The van der Waals surface area contributed by atoms with E-state index < -0.39 is 39.0 Å².